The maximum atomic E-state index is 12.6. The van der Waals surface area contributed by atoms with Gasteiger partial charge in [0.1, 0.15) is 6.04 Å². The summed E-state index contributed by atoms with van der Waals surface area (Å²) in [6, 6.07) is 8.51. The molecule has 1 aromatic carbocycles. The topological polar surface area (TPSA) is 85.7 Å². The number of carbonyl (C=O) groups is 2. The minimum atomic E-state index is -4.60. The first-order valence-corrected chi connectivity index (χ1v) is 9.82. The molecule has 0 spiro atoms. The van der Waals surface area contributed by atoms with Crippen LogP contribution in [0.2, 0.25) is 0 Å². The number of hydrogen-bond donors (Lipinski definition) is 1. The van der Waals surface area contributed by atoms with Crippen LogP contribution in [-0.2, 0) is 9.53 Å². The highest BCUT2D eigenvalue weighted by Gasteiger charge is 2.38. The van der Waals surface area contributed by atoms with E-state index in [0.717, 1.165) is 23.7 Å². The van der Waals surface area contributed by atoms with Gasteiger partial charge in [-0.2, -0.15) is 18.4 Å². The number of ether oxygens (including phenoxy) is 1. The van der Waals surface area contributed by atoms with Crippen molar-refractivity contribution < 1.29 is 27.5 Å². The number of rotatable bonds is 4. The number of nitriles is 1. The minimum Gasteiger partial charge on any atom is -0.440 e. The first-order valence-electron chi connectivity index (χ1n) is 9.82. The van der Waals surface area contributed by atoms with Gasteiger partial charge in [-0.05, 0) is 49.9 Å². The third-order valence-corrected chi connectivity index (χ3v) is 5.35. The van der Waals surface area contributed by atoms with Crippen molar-refractivity contribution >= 4 is 17.7 Å². The lowest BCUT2D eigenvalue weighted by Crippen LogP contribution is -2.51. The fourth-order valence-electron chi connectivity index (χ4n) is 3.81. The van der Waals surface area contributed by atoms with Crippen LogP contribution in [0, 0.1) is 11.3 Å². The van der Waals surface area contributed by atoms with Gasteiger partial charge in [-0.15, -0.1) is 0 Å². The molecule has 7 nitrogen and oxygen atoms in total. The van der Waals surface area contributed by atoms with Crippen LogP contribution in [0.25, 0.3) is 0 Å². The van der Waals surface area contributed by atoms with Gasteiger partial charge in [-0.1, -0.05) is 0 Å². The number of piperidine rings is 1. The molecule has 1 aromatic rings. The Hall–Kier alpha value is -2.96. The second-order valence-corrected chi connectivity index (χ2v) is 7.45. The number of amides is 2. The molecule has 2 amide bonds. The molecule has 1 atom stereocenters. The Morgan fingerprint density at radius 2 is 1.80 bits per heavy atom. The van der Waals surface area contributed by atoms with E-state index in [4.69, 9.17) is 5.26 Å². The lowest BCUT2D eigenvalue weighted by Gasteiger charge is -2.35. The van der Waals surface area contributed by atoms with Gasteiger partial charge < -0.3 is 15.0 Å². The van der Waals surface area contributed by atoms with Gasteiger partial charge in [0, 0.05) is 31.4 Å². The van der Waals surface area contributed by atoms with Gasteiger partial charge in [-0.3, -0.25) is 9.69 Å². The highest BCUT2D eigenvalue weighted by atomic mass is 19.4. The molecule has 162 valence electrons. The average Bonchev–Trinajstić information content (AvgIpc) is 3.22. The molecule has 1 N–H and O–H groups in total. The lowest BCUT2D eigenvalue weighted by atomic mass is 10.0. The predicted octanol–water partition coefficient (Wildman–Crippen LogP) is 2.81. The molecule has 2 aliphatic heterocycles. The van der Waals surface area contributed by atoms with E-state index >= 15 is 0 Å². The van der Waals surface area contributed by atoms with Crippen LogP contribution >= 0.6 is 0 Å². The number of hydrogen-bond acceptors (Lipinski definition) is 5. The third-order valence-electron chi connectivity index (χ3n) is 5.35. The number of anilines is 1. The Morgan fingerprint density at radius 3 is 2.40 bits per heavy atom. The zero-order chi connectivity index (χ0) is 21.7. The molecule has 2 saturated heterocycles. The maximum Gasteiger partial charge on any atom is 0.422 e. The number of carbonyl (C=O) groups excluding carboxylic acids is 2. The molecule has 0 saturated carbocycles. The summed E-state index contributed by atoms with van der Waals surface area (Å²) in [5, 5.41) is 11.8. The highest BCUT2D eigenvalue weighted by molar-refractivity contribution is 5.86. The smallest absolute Gasteiger partial charge is 0.422 e. The first-order chi connectivity index (χ1) is 14.3. The van der Waals surface area contributed by atoms with Gasteiger partial charge >= 0.3 is 12.3 Å². The second kappa shape index (κ2) is 9.24. The van der Waals surface area contributed by atoms with Gasteiger partial charge in [0.2, 0.25) is 5.91 Å². The van der Waals surface area contributed by atoms with E-state index < -0.39 is 24.9 Å². The Balaban J connectivity index is 1.48. The van der Waals surface area contributed by atoms with Crippen molar-refractivity contribution in [2.75, 3.05) is 31.1 Å². The van der Waals surface area contributed by atoms with E-state index in [1.165, 1.54) is 0 Å². The fraction of sp³-hybridized carbons (Fsp3) is 0.550. The van der Waals surface area contributed by atoms with Crippen molar-refractivity contribution in [1.29, 1.82) is 5.26 Å². The molecule has 2 aliphatic rings. The summed E-state index contributed by atoms with van der Waals surface area (Å²) in [6.45, 7) is -0.0197. The maximum absolute atomic E-state index is 12.6. The number of alkyl halides is 3. The summed E-state index contributed by atoms with van der Waals surface area (Å²) in [7, 11) is 0. The van der Waals surface area contributed by atoms with Gasteiger partial charge in [-0.25, -0.2) is 4.79 Å². The Labute approximate surface area is 172 Å². The van der Waals surface area contributed by atoms with Crippen LogP contribution in [0.1, 0.15) is 31.2 Å². The predicted molar refractivity (Wildman–Crippen MR) is 102 cm³/mol. The van der Waals surface area contributed by atoms with Crippen molar-refractivity contribution in [2.45, 2.75) is 43.9 Å². The number of halogens is 3. The summed E-state index contributed by atoms with van der Waals surface area (Å²) in [6.07, 6.45) is -3.36. The molecule has 2 heterocycles. The van der Waals surface area contributed by atoms with Crippen LogP contribution in [0.4, 0.5) is 23.7 Å². The van der Waals surface area contributed by atoms with E-state index in [-0.39, 0.29) is 18.5 Å². The summed E-state index contributed by atoms with van der Waals surface area (Å²) in [5.74, 6) is -0.353. The molecule has 0 aliphatic carbocycles. The van der Waals surface area contributed by atoms with Crippen LogP contribution < -0.4 is 10.2 Å². The first kappa shape index (κ1) is 21.7. The Bertz CT molecular complexity index is 799. The molecule has 1 unspecified atom stereocenters. The fourth-order valence-corrected chi connectivity index (χ4v) is 3.81. The van der Waals surface area contributed by atoms with Crippen molar-refractivity contribution in [3.63, 3.8) is 0 Å². The van der Waals surface area contributed by atoms with Crippen LogP contribution in [0.15, 0.2) is 24.3 Å². The van der Waals surface area contributed by atoms with Crippen molar-refractivity contribution in [3.05, 3.63) is 29.8 Å². The molecular formula is C20H23F3N4O3. The summed E-state index contributed by atoms with van der Waals surface area (Å²) >= 11 is 0. The second-order valence-electron chi connectivity index (χ2n) is 7.45. The quantitative estimate of drug-likeness (QED) is 0.804. The van der Waals surface area contributed by atoms with E-state index in [1.807, 2.05) is 12.1 Å². The summed E-state index contributed by atoms with van der Waals surface area (Å²) in [5.41, 5.74) is 1.60. The van der Waals surface area contributed by atoms with Crippen LogP contribution in [-0.4, -0.2) is 61.4 Å². The molecule has 10 heteroatoms. The number of nitrogens with one attached hydrogen (secondary N) is 1. The van der Waals surface area contributed by atoms with Gasteiger partial charge in [0.25, 0.3) is 0 Å². The van der Waals surface area contributed by atoms with E-state index in [2.05, 4.69) is 21.0 Å². The standard InChI is InChI=1S/C20H23F3N4O3/c21-20(22,23)13-30-19(29)27-9-1-2-17(27)18(28)25-15-7-10-26(11-8-15)16-5-3-14(12-24)4-6-16/h3-6,15,17H,1-2,7-11,13H2,(H,25,28). The van der Waals surface area contributed by atoms with Crippen molar-refractivity contribution in [3.8, 4) is 6.07 Å². The minimum absolute atomic E-state index is 0.0687. The lowest BCUT2D eigenvalue weighted by molar-refractivity contribution is -0.162. The SMILES string of the molecule is N#Cc1ccc(N2CCC(NC(=O)C3CCCN3C(=O)OCC(F)(F)F)CC2)cc1. The van der Waals surface area contributed by atoms with Crippen molar-refractivity contribution in [1.82, 2.24) is 10.2 Å². The molecule has 3 rings (SSSR count). The van der Waals surface area contributed by atoms with E-state index in [0.29, 0.717) is 31.2 Å². The summed E-state index contributed by atoms with van der Waals surface area (Å²) in [4.78, 5) is 27.8. The van der Waals surface area contributed by atoms with Gasteiger partial charge in [0.15, 0.2) is 6.61 Å². The monoisotopic (exact) mass is 424 g/mol. The van der Waals surface area contributed by atoms with E-state index in [9.17, 15) is 22.8 Å². The van der Waals surface area contributed by atoms with Gasteiger partial charge in [0.05, 0.1) is 11.6 Å². The Morgan fingerprint density at radius 1 is 1.13 bits per heavy atom. The van der Waals surface area contributed by atoms with Crippen LogP contribution in [0.3, 0.4) is 0 Å². The summed E-state index contributed by atoms with van der Waals surface area (Å²) < 4.78 is 41.1. The number of likely N-dealkylation sites (tertiary alicyclic amines) is 1. The highest BCUT2D eigenvalue weighted by Crippen LogP contribution is 2.23. The molecule has 0 radical (unpaired) electrons. The Kier molecular flexibility index (Phi) is 6.70. The molecular weight excluding hydrogens is 401 g/mol. The molecule has 2 fully saturated rings. The normalized spacial score (nSPS) is 20.0. The van der Waals surface area contributed by atoms with Crippen molar-refractivity contribution in [2.24, 2.45) is 0 Å². The zero-order valence-corrected chi connectivity index (χ0v) is 16.3. The third kappa shape index (κ3) is 5.55. The average molecular weight is 424 g/mol. The van der Waals surface area contributed by atoms with Crippen LogP contribution in [0.5, 0.6) is 0 Å². The largest absolute Gasteiger partial charge is 0.440 e. The number of nitrogens with zero attached hydrogens (tertiary/aromatic N) is 3. The number of benzene rings is 1. The molecule has 0 bridgehead atoms. The van der Waals surface area contributed by atoms with E-state index in [1.54, 1.807) is 12.1 Å². The zero-order valence-electron chi connectivity index (χ0n) is 16.3. The molecule has 0 aromatic heterocycles. The molecule has 30 heavy (non-hydrogen) atoms.